The van der Waals surface area contributed by atoms with Crippen molar-refractivity contribution in [1.29, 1.82) is 0 Å². The van der Waals surface area contributed by atoms with Gasteiger partial charge in [-0.3, -0.25) is 0 Å². The molecule has 1 N–H and O–H groups in total. The van der Waals surface area contributed by atoms with E-state index in [9.17, 15) is 4.79 Å². The van der Waals surface area contributed by atoms with Crippen molar-refractivity contribution in [3.63, 3.8) is 0 Å². The molecular weight excluding hydrogens is 120 g/mol. The van der Waals surface area contributed by atoms with Crippen LogP contribution in [0.5, 0.6) is 0 Å². The molecule has 0 aliphatic carbocycles. The number of ether oxygens (including phenoxy) is 1. The molecule has 0 aromatic heterocycles. The van der Waals surface area contributed by atoms with Crippen LogP contribution in [0.3, 0.4) is 0 Å². The average Bonchev–Trinajstić information content (AvgIpc) is 2.13. The smallest absolute Gasteiger partial charge is 0.337 e. The van der Waals surface area contributed by atoms with Crippen LogP contribution in [0.2, 0.25) is 0 Å². The Balaban J connectivity index is 2.83. The highest BCUT2D eigenvalue weighted by atomic mass is 16.5. The lowest BCUT2D eigenvalue weighted by molar-refractivity contribution is -0.135. The molecule has 0 bridgehead atoms. The van der Waals surface area contributed by atoms with Crippen LogP contribution < -0.4 is 0 Å². The minimum atomic E-state index is -0.380. The summed E-state index contributed by atoms with van der Waals surface area (Å²) in [7, 11) is 0. The second-order valence-corrected chi connectivity index (χ2v) is 1.95. The Labute approximate surface area is 52.9 Å². The van der Waals surface area contributed by atoms with Gasteiger partial charge in [-0.25, -0.2) is 4.79 Å². The zero-order valence-electron chi connectivity index (χ0n) is 5.18. The number of esters is 1. The quantitative estimate of drug-likeness (QED) is 0.297. The first-order valence-corrected chi connectivity index (χ1v) is 2.77. The van der Waals surface area contributed by atoms with Crippen LogP contribution in [0.1, 0.15) is 13.3 Å². The molecule has 1 aliphatic heterocycles. The highest BCUT2D eigenvalue weighted by Crippen LogP contribution is 2.15. The highest BCUT2D eigenvalue weighted by molar-refractivity contribution is 5.90. The lowest BCUT2D eigenvalue weighted by Gasteiger charge is -1.90. The first-order valence-electron chi connectivity index (χ1n) is 2.77. The van der Waals surface area contributed by atoms with Gasteiger partial charge in [-0.1, -0.05) is 0 Å². The summed E-state index contributed by atoms with van der Waals surface area (Å²) in [6.45, 7) is 1.90. The van der Waals surface area contributed by atoms with E-state index in [0.717, 1.165) is 0 Å². The third-order valence-electron chi connectivity index (χ3n) is 1.27. The van der Waals surface area contributed by atoms with Crippen molar-refractivity contribution in [2.75, 3.05) is 6.61 Å². The summed E-state index contributed by atoms with van der Waals surface area (Å²) in [6.07, 6.45) is 0.543. The molecule has 1 fully saturated rings. The van der Waals surface area contributed by atoms with Crippen LogP contribution >= 0.6 is 0 Å². The molecule has 0 aromatic carbocycles. The van der Waals surface area contributed by atoms with Gasteiger partial charge in [0.15, 0.2) is 0 Å². The SMILES string of the molecule is CC(O)=C1CCOC1=O. The van der Waals surface area contributed by atoms with Gasteiger partial charge in [0.05, 0.1) is 17.9 Å². The van der Waals surface area contributed by atoms with Crippen molar-refractivity contribution < 1.29 is 14.6 Å². The minimum Gasteiger partial charge on any atom is -0.512 e. The maximum atomic E-state index is 10.6. The van der Waals surface area contributed by atoms with E-state index in [-0.39, 0.29) is 11.7 Å². The summed E-state index contributed by atoms with van der Waals surface area (Å²) in [5.74, 6) is -0.299. The number of allylic oxidation sites excluding steroid dienone is 1. The number of hydrogen-bond donors (Lipinski definition) is 1. The number of cyclic esters (lactones) is 1. The molecule has 1 heterocycles. The fourth-order valence-electron chi connectivity index (χ4n) is 0.764. The Kier molecular flexibility index (Phi) is 1.42. The summed E-state index contributed by atoms with van der Waals surface area (Å²) in [5.41, 5.74) is 0.412. The summed E-state index contributed by atoms with van der Waals surface area (Å²) >= 11 is 0. The van der Waals surface area contributed by atoms with Crippen molar-refractivity contribution in [3.05, 3.63) is 11.3 Å². The lowest BCUT2D eigenvalue weighted by Crippen LogP contribution is -1.96. The molecule has 0 amide bonds. The molecule has 0 unspecified atom stereocenters. The molecular formula is C6H8O3. The summed E-state index contributed by atoms with van der Waals surface area (Å²) in [5, 5.41) is 8.80. The van der Waals surface area contributed by atoms with Gasteiger partial charge >= 0.3 is 5.97 Å². The van der Waals surface area contributed by atoms with Crippen LogP contribution in [0.25, 0.3) is 0 Å². The van der Waals surface area contributed by atoms with E-state index < -0.39 is 0 Å². The highest BCUT2D eigenvalue weighted by Gasteiger charge is 2.20. The summed E-state index contributed by atoms with van der Waals surface area (Å²) in [4.78, 5) is 10.6. The topological polar surface area (TPSA) is 46.5 Å². The molecule has 0 aromatic rings. The van der Waals surface area contributed by atoms with Crippen LogP contribution in [-0.4, -0.2) is 17.7 Å². The summed E-state index contributed by atoms with van der Waals surface area (Å²) in [6, 6.07) is 0. The number of hydrogen-bond acceptors (Lipinski definition) is 3. The van der Waals surface area contributed by atoms with Crippen molar-refractivity contribution in [3.8, 4) is 0 Å². The Morgan fingerprint density at radius 3 is 2.67 bits per heavy atom. The molecule has 3 heteroatoms. The van der Waals surface area contributed by atoms with Gasteiger partial charge < -0.3 is 9.84 Å². The number of carbonyl (C=O) groups is 1. The largest absolute Gasteiger partial charge is 0.512 e. The number of aliphatic hydroxyl groups is 1. The molecule has 50 valence electrons. The standard InChI is InChI=1S/C6H8O3/c1-4(7)5-2-3-9-6(5)8/h7H,2-3H2,1H3. The molecule has 1 aliphatic rings. The first-order chi connectivity index (χ1) is 4.22. The Morgan fingerprint density at radius 2 is 2.44 bits per heavy atom. The number of aliphatic hydroxyl groups excluding tert-OH is 1. The Morgan fingerprint density at radius 1 is 1.78 bits per heavy atom. The Hall–Kier alpha value is -0.990. The second kappa shape index (κ2) is 2.09. The van der Waals surface area contributed by atoms with Gasteiger partial charge in [0.1, 0.15) is 0 Å². The monoisotopic (exact) mass is 128 g/mol. The fourth-order valence-corrected chi connectivity index (χ4v) is 0.764. The van der Waals surface area contributed by atoms with Gasteiger partial charge in [-0.15, -0.1) is 0 Å². The first kappa shape index (κ1) is 6.13. The van der Waals surface area contributed by atoms with Gasteiger partial charge in [-0.2, -0.15) is 0 Å². The van der Waals surface area contributed by atoms with Gasteiger partial charge in [0, 0.05) is 6.42 Å². The summed E-state index contributed by atoms with van der Waals surface area (Å²) < 4.78 is 4.57. The van der Waals surface area contributed by atoms with Crippen molar-refractivity contribution in [1.82, 2.24) is 0 Å². The van der Waals surface area contributed by atoms with E-state index in [0.29, 0.717) is 18.6 Å². The van der Waals surface area contributed by atoms with Gasteiger partial charge in [-0.05, 0) is 6.92 Å². The van der Waals surface area contributed by atoms with Crippen LogP contribution in [0, 0.1) is 0 Å². The lowest BCUT2D eigenvalue weighted by atomic mass is 10.2. The van der Waals surface area contributed by atoms with E-state index in [4.69, 9.17) is 5.11 Å². The number of carbonyl (C=O) groups excluding carboxylic acids is 1. The van der Waals surface area contributed by atoms with Gasteiger partial charge in [0.25, 0.3) is 0 Å². The third-order valence-corrected chi connectivity index (χ3v) is 1.27. The van der Waals surface area contributed by atoms with E-state index in [2.05, 4.69) is 4.74 Å². The fraction of sp³-hybridized carbons (Fsp3) is 0.500. The molecule has 3 nitrogen and oxygen atoms in total. The predicted molar refractivity (Wildman–Crippen MR) is 30.9 cm³/mol. The normalized spacial score (nSPS) is 23.9. The zero-order chi connectivity index (χ0) is 6.85. The molecule has 1 rings (SSSR count). The Bertz CT molecular complexity index is 165. The maximum absolute atomic E-state index is 10.6. The molecule has 0 atom stereocenters. The van der Waals surface area contributed by atoms with E-state index >= 15 is 0 Å². The van der Waals surface area contributed by atoms with Crippen LogP contribution in [0.15, 0.2) is 11.3 Å². The van der Waals surface area contributed by atoms with E-state index in [1.54, 1.807) is 0 Å². The molecule has 0 saturated carbocycles. The average molecular weight is 128 g/mol. The predicted octanol–water partition coefficient (Wildman–Crippen LogP) is 0.765. The maximum Gasteiger partial charge on any atom is 0.337 e. The zero-order valence-corrected chi connectivity index (χ0v) is 5.18. The van der Waals surface area contributed by atoms with Crippen molar-refractivity contribution in [2.45, 2.75) is 13.3 Å². The van der Waals surface area contributed by atoms with Crippen LogP contribution in [-0.2, 0) is 9.53 Å². The second-order valence-electron chi connectivity index (χ2n) is 1.95. The molecule has 1 saturated heterocycles. The van der Waals surface area contributed by atoms with Crippen molar-refractivity contribution >= 4 is 5.97 Å². The molecule has 9 heavy (non-hydrogen) atoms. The van der Waals surface area contributed by atoms with E-state index in [1.165, 1.54) is 6.92 Å². The molecule has 0 radical (unpaired) electrons. The third kappa shape index (κ3) is 1.04. The van der Waals surface area contributed by atoms with Gasteiger partial charge in [0.2, 0.25) is 0 Å². The minimum absolute atomic E-state index is 0.0810. The van der Waals surface area contributed by atoms with Crippen LogP contribution in [0.4, 0.5) is 0 Å². The van der Waals surface area contributed by atoms with Crippen molar-refractivity contribution in [2.24, 2.45) is 0 Å². The number of rotatable bonds is 0. The molecule has 0 spiro atoms. The van der Waals surface area contributed by atoms with E-state index in [1.807, 2.05) is 0 Å².